The van der Waals surface area contributed by atoms with Crippen LogP contribution in [0.25, 0.3) is 0 Å². The minimum Gasteiger partial charge on any atom is -0.497 e. The van der Waals surface area contributed by atoms with Gasteiger partial charge in [-0.05, 0) is 28.1 Å². The van der Waals surface area contributed by atoms with Gasteiger partial charge in [0.25, 0.3) is 0 Å². The van der Waals surface area contributed by atoms with Crippen LogP contribution in [0.1, 0.15) is 5.56 Å². The number of nitro groups is 1. The number of hydrogen-bond donors (Lipinski definition) is 0. The third kappa shape index (κ3) is 3.45. The molecule has 0 saturated heterocycles. The molecule has 0 spiro atoms. The largest absolute Gasteiger partial charge is 0.497 e. The van der Waals surface area contributed by atoms with Gasteiger partial charge in [0.05, 0.1) is 12.0 Å². The summed E-state index contributed by atoms with van der Waals surface area (Å²) in [5, 5.41) is 11.0. The first-order chi connectivity index (χ1) is 9.60. The fourth-order valence-electron chi connectivity index (χ4n) is 1.58. The monoisotopic (exact) mass is 338 g/mol. The summed E-state index contributed by atoms with van der Waals surface area (Å²) in [5.74, 6) is 0.660. The SMILES string of the molecule is COc1ccc([N+](=O)[O-])c(OCc2cncc(Br)c2)c1. The molecule has 7 heteroatoms. The number of pyridine rings is 1. The van der Waals surface area contributed by atoms with Crippen molar-refractivity contribution in [2.45, 2.75) is 6.61 Å². The summed E-state index contributed by atoms with van der Waals surface area (Å²) in [4.78, 5) is 14.5. The molecule has 0 bridgehead atoms. The van der Waals surface area contributed by atoms with E-state index < -0.39 is 4.92 Å². The molecule has 0 aliphatic carbocycles. The van der Waals surface area contributed by atoms with Gasteiger partial charge in [-0.15, -0.1) is 0 Å². The Balaban J connectivity index is 2.21. The second-order valence-electron chi connectivity index (χ2n) is 3.89. The van der Waals surface area contributed by atoms with Crippen LogP contribution in [0.3, 0.4) is 0 Å². The van der Waals surface area contributed by atoms with Crippen molar-refractivity contribution in [3.63, 3.8) is 0 Å². The van der Waals surface area contributed by atoms with Crippen molar-refractivity contribution in [2.75, 3.05) is 7.11 Å². The molecule has 104 valence electrons. The number of hydrogen-bond acceptors (Lipinski definition) is 5. The first-order valence-electron chi connectivity index (χ1n) is 5.65. The summed E-state index contributed by atoms with van der Waals surface area (Å²) in [6.07, 6.45) is 3.29. The van der Waals surface area contributed by atoms with Crippen molar-refractivity contribution in [1.82, 2.24) is 4.98 Å². The molecule has 0 amide bonds. The molecular formula is C13H11BrN2O4. The zero-order valence-electron chi connectivity index (χ0n) is 10.6. The van der Waals surface area contributed by atoms with Gasteiger partial charge in [0, 0.05) is 34.6 Å². The quantitative estimate of drug-likeness (QED) is 0.617. The third-order valence-corrected chi connectivity index (χ3v) is 2.95. The average molecular weight is 339 g/mol. The van der Waals surface area contributed by atoms with Crippen molar-refractivity contribution >= 4 is 21.6 Å². The Morgan fingerprint density at radius 2 is 2.15 bits per heavy atom. The van der Waals surface area contributed by atoms with E-state index in [4.69, 9.17) is 9.47 Å². The highest BCUT2D eigenvalue weighted by molar-refractivity contribution is 9.10. The topological polar surface area (TPSA) is 74.5 Å². The Morgan fingerprint density at radius 3 is 2.80 bits per heavy atom. The molecule has 1 aromatic heterocycles. The lowest BCUT2D eigenvalue weighted by atomic mass is 10.2. The lowest BCUT2D eigenvalue weighted by Gasteiger charge is -2.08. The average Bonchev–Trinajstić information content (AvgIpc) is 2.44. The van der Waals surface area contributed by atoms with Crippen LogP contribution in [0.5, 0.6) is 11.5 Å². The molecule has 0 fully saturated rings. The summed E-state index contributed by atoms with van der Waals surface area (Å²) in [6.45, 7) is 0.181. The standard InChI is InChI=1S/C13H11BrN2O4/c1-19-11-2-3-12(16(17)18)13(5-11)20-8-9-4-10(14)7-15-6-9/h2-7H,8H2,1H3. The maximum Gasteiger partial charge on any atom is 0.311 e. The minimum atomic E-state index is -0.492. The van der Waals surface area contributed by atoms with E-state index in [0.29, 0.717) is 5.75 Å². The van der Waals surface area contributed by atoms with E-state index in [2.05, 4.69) is 20.9 Å². The zero-order chi connectivity index (χ0) is 14.5. The lowest BCUT2D eigenvalue weighted by Crippen LogP contribution is -2.00. The number of halogens is 1. The predicted octanol–water partition coefficient (Wildman–Crippen LogP) is 3.34. The number of methoxy groups -OCH3 is 1. The first kappa shape index (κ1) is 14.3. The molecule has 2 aromatic rings. The van der Waals surface area contributed by atoms with Crippen molar-refractivity contribution in [3.8, 4) is 11.5 Å². The van der Waals surface area contributed by atoms with Gasteiger partial charge < -0.3 is 9.47 Å². The highest BCUT2D eigenvalue weighted by Crippen LogP contribution is 2.31. The maximum atomic E-state index is 11.0. The normalized spacial score (nSPS) is 10.1. The van der Waals surface area contributed by atoms with Crippen molar-refractivity contribution in [2.24, 2.45) is 0 Å². The van der Waals surface area contributed by atoms with E-state index in [1.54, 1.807) is 12.4 Å². The van der Waals surface area contributed by atoms with E-state index >= 15 is 0 Å². The van der Waals surface area contributed by atoms with Crippen LogP contribution < -0.4 is 9.47 Å². The number of nitro benzene ring substituents is 1. The molecule has 1 heterocycles. The molecule has 20 heavy (non-hydrogen) atoms. The zero-order valence-corrected chi connectivity index (χ0v) is 12.2. The Kier molecular flexibility index (Phi) is 4.52. The van der Waals surface area contributed by atoms with Gasteiger partial charge >= 0.3 is 5.69 Å². The number of nitrogens with zero attached hydrogens (tertiary/aromatic N) is 2. The summed E-state index contributed by atoms with van der Waals surface area (Å²) >= 11 is 3.30. The molecule has 0 saturated carbocycles. The number of rotatable bonds is 5. The second-order valence-corrected chi connectivity index (χ2v) is 4.81. The highest BCUT2D eigenvalue weighted by Gasteiger charge is 2.16. The molecule has 0 aliphatic rings. The number of aromatic nitrogens is 1. The van der Waals surface area contributed by atoms with Gasteiger partial charge in [-0.1, -0.05) is 0 Å². The van der Waals surface area contributed by atoms with Gasteiger partial charge in [0.15, 0.2) is 0 Å². The predicted molar refractivity (Wildman–Crippen MR) is 75.9 cm³/mol. The van der Waals surface area contributed by atoms with E-state index in [1.807, 2.05) is 6.07 Å². The van der Waals surface area contributed by atoms with Crippen LogP contribution in [-0.4, -0.2) is 17.0 Å². The highest BCUT2D eigenvalue weighted by atomic mass is 79.9. The van der Waals surface area contributed by atoms with E-state index in [-0.39, 0.29) is 18.0 Å². The first-order valence-corrected chi connectivity index (χ1v) is 6.44. The van der Waals surface area contributed by atoms with Gasteiger partial charge in [-0.2, -0.15) is 0 Å². The molecule has 0 unspecified atom stereocenters. The van der Waals surface area contributed by atoms with E-state index in [1.165, 1.54) is 25.3 Å². The molecule has 6 nitrogen and oxygen atoms in total. The second kappa shape index (κ2) is 6.33. The van der Waals surface area contributed by atoms with Gasteiger partial charge in [0.1, 0.15) is 12.4 Å². The van der Waals surface area contributed by atoms with Crippen LogP contribution in [0, 0.1) is 10.1 Å². The van der Waals surface area contributed by atoms with E-state index in [9.17, 15) is 10.1 Å². The molecule has 0 N–H and O–H groups in total. The third-order valence-electron chi connectivity index (χ3n) is 2.52. The Hall–Kier alpha value is -2.15. The summed E-state index contributed by atoms with van der Waals surface area (Å²) in [5.41, 5.74) is 0.699. The fourth-order valence-corrected chi connectivity index (χ4v) is 2.00. The van der Waals surface area contributed by atoms with Crippen LogP contribution in [0.15, 0.2) is 41.1 Å². The molecule has 0 radical (unpaired) electrons. The van der Waals surface area contributed by atoms with Crippen LogP contribution in [-0.2, 0) is 6.61 Å². The van der Waals surface area contributed by atoms with Crippen LogP contribution in [0.2, 0.25) is 0 Å². The van der Waals surface area contributed by atoms with E-state index in [0.717, 1.165) is 10.0 Å². The maximum absolute atomic E-state index is 11.0. The smallest absolute Gasteiger partial charge is 0.311 e. The number of benzene rings is 1. The number of ether oxygens (including phenoxy) is 2. The van der Waals surface area contributed by atoms with Gasteiger partial charge in [-0.25, -0.2) is 0 Å². The molecule has 1 aromatic carbocycles. The van der Waals surface area contributed by atoms with Crippen molar-refractivity contribution < 1.29 is 14.4 Å². The van der Waals surface area contributed by atoms with Gasteiger partial charge in [-0.3, -0.25) is 15.1 Å². The Labute approximate surface area is 123 Å². The molecular weight excluding hydrogens is 328 g/mol. The van der Waals surface area contributed by atoms with Crippen LogP contribution in [0.4, 0.5) is 5.69 Å². The fraction of sp³-hybridized carbons (Fsp3) is 0.154. The summed E-state index contributed by atoms with van der Waals surface area (Å²) in [6, 6.07) is 6.20. The summed E-state index contributed by atoms with van der Waals surface area (Å²) < 4.78 is 11.4. The molecule has 0 aliphatic heterocycles. The van der Waals surface area contributed by atoms with Gasteiger partial charge in [0.2, 0.25) is 5.75 Å². The minimum absolute atomic E-state index is 0.103. The molecule has 2 rings (SSSR count). The molecule has 0 atom stereocenters. The van der Waals surface area contributed by atoms with Crippen molar-refractivity contribution in [3.05, 3.63) is 56.8 Å². The Bertz CT molecular complexity index is 634. The summed E-state index contributed by atoms with van der Waals surface area (Å²) in [7, 11) is 1.49. The van der Waals surface area contributed by atoms with Crippen LogP contribution >= 0.6 is 15.9 Å². The van der Waals surface area contributed by atoms with Crippen molar-refractivity contribution in [1.29, 1.82) is 0 Å². The lowest BCUT2D eigenvalue weighted by molar-refractivity contribution is -0.386. The Morgan fingerprint density at radius 1 is 1.35 bits per heavy atom.